The summed E-state index contributed by atoms with van der Waals surface area (Å²) in [6, 6.07) is 12.8. The van der Waals surface area contributed by atoms with Crippen LogP contribution in [0.2, 0.25) is 0 Å². The van der Waals surface area contributed by atoms with E-state index in [4.69, 9.17) is 5.11 Å². The number of rotatable bonds is 3. The third-order valence-electron chi connectivity index (χ3n) is 3.24. The molecule has 2 rings (SSSR count). The van der Waals surface area contributed by atoms with E-state index in [9.17, 15) is 4.79 Å². The van der Waals surface area contributed by atoms with Crippen LogP contribution >= 0.6 is 0 Å². The Bertz CT molecular complexity index is 588. The molecule has 0 fully saturated rings. The molecule has 0 radical (unpaired) electrons. The maximum absolute atomic E-state index is 12.2. The number of benzene rings is 2. The lowest BCUT2D eigenvalue weighted by Gasteiger charge is -2.09. The number of anilines is 1. The topological polar surface area (TPSA) is 49.3 Å². The summed E-state index contributed by atoms with van der Waals surface area (Å²) in [5, 5.41) is 11.8. The fourth-order valence-corrected chi connectivity index (χ4v) is 1.89. The van der Waals surface area contributed by atoms with Crippen molar-refractivity contribution in [2.75, 3.05) is 5.32 Å². The summed E-state index contributed by atoms with van der Waals surface area (Å²) in [4.78, 5) is 12.2. The number of hydrogen-bond acceptors (Lipinski definition) is 2. The van der Waals surface area contributed by atoms with Crippen LogP contribution in [0.25, 0.3) is 0 Å². The van der Waals surface area contributed by atoms with Gasteiger partial charge in [-0.1, -0.05) is 24.3 Å². The Labute approximate surface area is 112 Å². The van der Waals surface area contributed by atoms with Crippen molar-refractivity contribution in [1.82, 2.24) is 0 Å². The fourth-order valence-electron chi connectivity index (χ4n) is 1.89. The molecule has 19 heavy (non-hydrogen) atoms. The molecule has 3 nitrogen and oxygen atoms in total. The van der Waals surface area contributed by atoms with E-state index in [1.54, 1.807) is 24.3 Å². The van der Waals surface area contributed by atoms with E-state index in [1.165, 1.54) is 0 Å². The van der Waals surface area contributed by atoms with Gasteiger partial charge in [0, 0.05) is 11.3 Å². The molecule has 0 aliphatic rings. The number of amides is 1. The van der Waals surface area contributed by atoms with Crippen molar-refractivity contribution < 1.29 is 9.90 Å². The predicted octanol–water partition coefficient (Wildman–Crippen LogP) is 3.05. The summed E-state index contributed by atoms with van der Waals surface area (Å²) in [7, 11) is 0. The maximum Gasteiger partial charge on any atom is 0.255 e. The highest BCUT2D eigenvalue weighted by molar-refractivity contribution is 6.05. The van der Waals surface area contributed by atoms with Crippen LogP contribution < -0.4 is 5.32 Å². The van der Waals surface area contributed by atoms with E-state index in [2.05, 4.69) is 5.32 Å². The number of aryl methyl sites for hydroxylation is 1. The summed E-state index contributed by atoms with van der Waals surface area (Å²) in [6.07, 6.45) is 0. The average molecular weight is 255 g/mol. The second kappa shape index (κ2) is 5.67. The molecule has 98 valence electrons. The van der Waals surface area contributed by atoms with Crippen molar-refractivity contribution in [2.45, 2.75) is 20.5 Å². The Morgan fingerprint density at radius 1 is 1.11 bits per heavy atom. The fraction of sp³-hybridized carbons (Fsp3) is 0.188. The Kier molecular flexibility index (Phi) is 3.97. The zero-order valence-electron chi connectivity index (χ0n) is 11.1. The van der Waals surface area contributed by atoms with Crippen molar-refractivity contribution >= 4 is 11.6 Å². The van der Waals surface area contributed by atoms with Crippen LogP contribution in [0.4, 0.5) is 5.69 Å². The molecule has 1 amide bonds. The van der Waals surface area contributed by atoms with Crippen LogP contribution in [-0.4, -0.2) is 11.0 Å². The van der Waals surface area contributed by atoms with Gasteiger partial charge in [-0.2, -0.15) is 0 Å². The standard InChI is InChI=1S/C16H17NO2/c1-11-4-3-5-15(12(11)2)16(19)17-14-8-6-13(10-18)7-9-14/h3-9,18H,10H2,1-2H3,(H,17,19). The zero-order chi connectivity index (χ0) is 13.8. The van der Waals surface area contributed by atoms with E-state index in [-0.39, 0.29) is 12.5 Å². The molecule has 0 aliphatic heterocycles. The first-order chi connectivity index (χ1) is 9.11. The zero-order valence-corrected chi connectivity index (χ0v) is 11.1. The van der Waals surface area contributed by atoms with Crippen molar-refractivity contribution in [1.29, 1.82) is 0 Å². The first-order valence-electron chi connectivity index (χ1n) is 6.19. The van der Waals surface area contributed by atoms with Crippen molar-refractivity contribution in [3.8, 4) is 0 Å². The van der Waals surface area contributed by atoms with E-state index in [1.807, 2.05) is 32.0 Å². The third kappa shape index (κ3) is 3.01. The Morgan fingerprint density at radius 3 is 2.42 bits per heavy atom. The van der Waals surface area contributed by atoms with Gasteiger partial charge in [0.05, 0.1) is 6.61 Å². The number of carbonyl (C=O) groups is 1. The second-order valence-corrected chi connectivity index (χ2v) is 4.56. The number of carbonyl (C=O) groups excluding carboxylic acids is 1. The highest BCUT2D eigenvalue weighted by Crippen LogP contribution is 2.16. The lowest BCUT2D eigenvalue weighted by atomic mass is 10.0. The highest BCUT2D eigenvalue weighted by Gasteiger charge is 2.10. The minimum absolute atomic E-state index is 0.00517. The van der Waals surface area contributed by atoms with Crippen LogP contribution in [0.5, 0.6) is 0 Å². The maximum atomic E-state index is 12.2. The summed E-state index contributed by atoms with van der Waals surface area (Å²) in [5.74, 6) is -0.113. The number of hydrogen-bond donors (Lipinski definition) is 2. The van der Waals surface area contributed by atoms with Gasteiger partial charge in [-0.25, -0.2) is 0 Å². The molecule has 0 atom stereocenters. The molecule has 3 heteroatoms. The normalized spacial score (nSPS) is 10.3. The Balaban J connectivity index is 2.18. The van der Waals surface area contributed by atoms with Gasteiger partial charge in [0.25, 0.3) is 5.91 Å². The lowest BCUT2D eigenvalue weighted by Crippen LogP contribution is -2.13. The van der Waals surface area contributed by atoms with Gasteiger partial charge in [-0.15, -0.1) is 0 Å². The predicted molar refractivity (Wildman–Crippen MR) is 76.2 cm³/mol. The molecule has 0 saturated heterocycles. The molecule has 2 N–H and O–H groups in total. The molecule has 2 aromatic carbocycles. The first kappa shape index (κ1) is 13.3. The molecular weight excluding hydrogens is 238 g/mol. The van der Waals surface area contributed by atoms with Crippen LogP contribution in [-0.2, 0) is 6.61 Å². The van der Waals surface area contributed by atoms with E-state index < -0.39 is 0 Å². The molecule has 0 heterocycles. The first-order valence-corrected chi connectivity index (χ1v) is 6.19. The molecule has 0 unspecified atom stereocenters. The van der Waals surface area contributed by atoms with Gasteiger partial charge in [0.15, 0.2) is 0 Å². The minimum Gasteiger partial charge on any atom is -0.392 e. The third-order valence-corrected chi connectivity index (χ3v) is 3.24. The summed E-state index contributed by atoms with van der Waals surface area (Å²) >= 11 is 0. The van der Waals surface area contributed by atoms with Crippen LogP contribution in [0.3, 0.4) is 0 Å². The van der Waals surface area contributed by atoms with Crippen molar-refractivity contribution in [2.24, 2.45) is 0 Å². The lowest BCUT2D eigenvalue weighted by molar-refractivity contribution is 0.102. The molecule has 2 aromatic rings. The Hall–Kier alpha value is -2.13. The van der Waals surface area contributed by atoms with Crippen LogP contribution in [0, 0.1) is 13.8 Å². The smallest absolute Gasteiger partial charge is 0.255 e. The quantitative estimate of drug-likeness (QED) is 0.885. The molecule has 0 aliphatic carbocycles. The van der Waals surface area contributed by atoms with Gasteiger partial charge in [-0.05, 0) is 48.7 Å². The van der Waals surface area contributed by atoms with Crippen molar-refractivity contribution in [3.63, 3.8) is 0 Å². The number of nitrogens with one attached hydrogen (secondary N) is 1. The van der Waals surface area contributed by atoms with Crippen LogP contribution in [0.15, 0.2) is 42.5 Å². The molecule has 0 bridgehead atoms. The van der Waals surface area contributed by atoms with E-state index in [0.29, 0.717) is 5.56 Å². The molecular formula is C16H17NO2. The summed E-state index contributed by atoms with van der Waals surface area (Å²) in [6.45, 7) is 3.94. The molecule has 0 spiro atoms. The largest absolute Gasteiger partial charge is 0.392 e. The van der Waals surface area contributed by atoms with Gasteiger partial charge in [0.1, 0.15) is 0 Å². The minimum atomic E-state index is -0.113. The average Bonchev–Trinajstić information content (AvgIpc) is 2.42. The van der Waals surface area contributed by atoms with E-state index >= 15 is 0 Å². The Morgan fingerprint density at radius 2 is 1.79 bits per heavy atom. The summed E-state index contributed by atoms with van der Waals surface area (Å²) in [5.41, 5.74) is 4.33. The number of aliphatic hydroxyl groups is 1. The monoisotopic (exact) mass is 255 g/mol. The van der Waals surface area contributed by atoms with Gasteiger partial charge in [0.2, 0.25) is 0 Å². The second-order valence-electron chi connectivity index (χ2n) is 4.56. The summed E-state index contributed by atoms with van der Waals surface area (Å²) < 4.78 is 0. The van der Waals surface area contributed by atoms with Gasteiger partial charge < -0.3 is 10.4 Å². The molecule has 0 aromatic heterocycles. The SMILES string of the molecule is Cc1cccc(C(=O)Nc2ccc(CO)cc2)c1C. The van der Waals surface area contributed by atoms with Gasteiger partial charge >= 0.3 is 0 Å². The molecule has 0 saturated carbocycles. The highest BCUT2D eigenvalue weighted by atomic mass is 16.3. The van der Waals surface area contributed by atoms with Gasteiger partial charge in [-0.3, -0.25) is 4.79 Å². The van der Waals surface area contributed by atoms with E-state index in [0.717, 1.165) is 22.4 Å². The van der Waals surface area contributed by atoms with Crippen LogP contribution in [0.1, 0.15) is 27.0 Å². The number of aliphatic hydroxyl groups excluding tert-OH is 1. The van der Waals surface area contributed by atoms with Crippen molar-refractivity contribution in [3.05, 3.63) is 64.7 Å².